The van der Waals surface area contributed by atoms with Crippen LogP contribution in [0.1, 0.15) is 12.8 Å². The summed E-state index contributed by atoms with van der Waals surface area (Å²) >= 11 is 0. The number of rotatable bonds is 11. The van der Waals surface area contributed by atoms with Gasteiger partial charge in [0.05, 0.1) is 41.7 Å². The van der Waals surface area contributed by atoms with Gasteiger partial charge in [-0.25, -0.2) is 0 Å². The number of para-hydroxylation sites is 2. The molecule has 0 spiro atoms. The van der Waals surface area contributed by atoms with Crippen molar-refractivity contribution in [3.05, 3.63) is 36.4 Å². The van der Waals surface area contributed by atoms with Crippen LogP contribution in [0.25, 0.3) is 0 Å². The van der Waals surface area contributed by atoms with Crippen molar-refractivity contribution >= 4 is 0 Å². The molecule has 2 aromatic carbocycles. The third kappa shape index (κ3) is 4.88. The second kappa shape index (κ2) is 10.3. The van der Waals surface area contributed by atoms with Crippen LogP contribution in [-0.4, -0.2) is 41.7 Å². The summed E-state index contributed by atoms with van der Waals surface area (Å²) in [5.74, 6) is 3.84. The van der Waals surface area contributed by atoms with Gasteiger partial charge in [0.1, 0.15) is 0 Å². The fourth-order valence-electron chi connectivity index (χ4n) is 2.47. The van der Waals surface area contributed by atoms with E-state index in [1.54, 1.807) is 28.4 Å². The summed E-state index contributed by atoms with van der Waals surface area (Å²) in [4.78, 5) is 0. The van der Waals surface area contributed by atoms with Crippen LogP contribution < -0.4 is 28.4 Å². The van der Waals surface area contributed by atoms with E-state index in [0.717, 1.165) is 12.8 Å². The molecule has 0 aliphatic carbocycles. The Hall–Kier alpha value is -2.76. The van der Waals surface area contributed by atoms with Gasteiger partial charge >= 0.3 is 0 Å². The zero-order valence-corrected chi connectivity index (χ0v) is 15.7. The van der Waals surface area contributed by atoms with Crippen molar-refractivity contribution in [3.8, 4) is 34.5 Å². The van der Waals surface area contributed by atoms with Crippen molar-refractivity contribution in [2.24, 2.45) is 0 Å². The van der Waals surface area contributed by atoms with Crippen molar-refractivity contribution in [2.75, 3.05) is 41.7 Å². The van der Waals surface area contributed by atoms with E-state index in [2.05, 4.69) is 0 Å². The lowest BCUT2D eigenvalue weighted by atomic mass is 10.3. The van der Waals surface area contributed by atoms with Crippen LogP contribution in [0.4, 0.5) is 0 Å². The Kier molecular flexibility index (Phi) is 7.74. The quantitative estimate of drug-likeness (QED) is 0.564. The molecule has 0 saturated heterocycles. The Morgan fingerprint density at radius 2 is 0.846 bits per heavy atom. The standard InChI is InChI=1S/C20H26O6/c1-21-15-9-7-10-16(22-2)19(15)25-13-5-6-14-26-20-17(23-3)11-8-12-18(20)24-4/h7-12H,5-6,13-14H2,1-4H3. The highest BCUT2D eigenvalue weighted by atomic mass is 16.5. The molecule has 6 heteroatoms. The number of hydrogen-bond acceptors (Lipinski definition) is 6. The van der Waals surface area contributed by atoms with Gasteiger partial charge in [0.15, 0.2) is 23.0 Å². The lowest BCUT2D eigenvalue weighted by Gasteiger charge is -2.15. The van der Waals surface area contributed by atoms with Crippen molar-refractivity contribution in [1.82, 2.24) is 0 Å². The van der Waals surface area contributed by atoms with E-state index >= 15 is 0 Å². The first-order valence-corrected chi connectivity index (χ1v) is 8.42. The second-order valence-electron chi connectivity index (χ2n) is 5.39. The molecule has 0 aromatic heterocycles. The average Bonchev–Trinajstić information content (AvgIpc) is 2.70. The molecule has 0 aliphatic heterocycles. The molecule has 0 heterocycles. The van der Waals surface area contributed by atoms with Crippen LogP contribution in [0.15, 0.2) is 36.4 Å². The summed E-state index contributed by atoms with van der Waals surface area (Å²) < 4.78 is 32.9. The summed E-state index contributed by atoms with van der Waals surface area (Å²) in [7, 11) is 6.43. The van der Waals surface area contributed by atoms with Crippen LogP contribution in [0.3, 0.4) is 0 Å². The minimum absolute atomic E-state index is 0.531. The second-order valence-corrected chi connectivity index (χ2v) is 5.39. The SMILES string of the molecule is COc1cccc(OC)c1OCCCCOc1c(OC)cccc1OC. The van der Waals surface area contributed by atoms with Gasteiger partial charge in [0.2, 0.25) is 11.5 Å². The first kappa shape index (κ1) is 19.6. The Balaban J connectivity index is 1.82. The van der Waals surface area contributed by atoms with Gasteiger partial charge in [-0.3, -0.25) is 0 Å². The summed E-state index contributed by atoms with van der Waals surface area (Å²) in [6.07, 6.45) is 1.64. The molecule has 0 N–H and O–H groups in total. The van der Waals surface area contributed by atoms with Crippen molar-refractivity contribution in [2.45, 2.75) is 12.8 Å². The van der Waals surface area contributed by atoms with Gasteiger partial charge in [-0.05, 0) is 37.1 Å². The predicted molar refractivity (Wildman–Crippen MR) is 99.3 cm³/mol. The molecule has 0 atom stereocenters. The summed E-state index contributed by atoms with van der Waals surface area (Å²) in [5.41, 5.74) is 0. The summed E-state index contributed by atoms with van der Waals surface area (Å²) in [5, 5.41) is 0. The molecule has 0 bridgehead atoms. The highest BCUT2D eigenvalue weighted by Crippen LogP contribution is 2.38. The number of hydrogen-bond donors (Lipinski definition) is 0. The van der Waals surface area contributed by atoms with Crippen LogP contribution in [0.2, 0.25) is 0 Å². The smallest absolute Gasteiger partial charge is 0.203 e. The fraction of sp³-hybridized carbons (Fsp3) is 0.400. The summed E-state index contributed by atoms with van der Waals surface area (Å²) in [6, 6.07) is 11.1. The lowest BCUT2D eigenvalue weighted by Crippen LogP contribution is -2.05. The molecule has 0 radical (unpaired) electrons. The first-order valence-electron chi connectivity index (χ1n) is 8.42. The third-order valence-corrected chi connectivity index (χ3v) is 3.80. The van der Waals surface area contributed by atoms with Gasteiger partial charge in [-0.15, -0.1) is 0 Å². The topological polar surface area (TPSA) is 55.4 Å². The highest BCUT2D eigenvalue weighted by molar-refractivity contribution is 5.51. The monoisotopic (exact) mass is 362 g/mol. The summed E-state index contributed by atoms with van der Waals surface area (Å²) in [6.45, 7) is 1.06. The normalized spacial score (nSPS) is 10.2. The molecule has 142 valence electrons. The van der Waals surface area contributed by atoms with Gasteiger partial charge in [0.25, 0.3) is 0 Å². The molecule has 0 unspecified atom stereocenters. The van der Waals surface area contributed by atoms with E-state index in [1.165, 1.54) is 0 Å². The average molecular weight is 362 g/mol. The minimum Gasteiger partial charge on any atom is -0.493 e. The zero-order chi connectivity index (χ0) is 18.8. The van der Waals surface area contributed by atoms with E-state index in [-0.39, 0.29) is 0 Å². The van der Waals surface area contributed by atoms with Crippen LogP contribution in [0, 0.1) is 0 Å². The molecule has 2 rings (SSSR count). The van der Waals surface area contributed by atoms with Crippen molar-refractivity contribution < 1.29 is 28.4 Å². The number of ether oxygens (including phenoxy) is 6. The van der Waals surface area contributed by atoms with E-state index in [0.29, 0.717) is 47.7 Å². The maximum atomic E-state index is 5.84. The minimum atomic E-state index is 0.531. The first-order chi connectivity index (χ1) is 12.7. The number of methoxy groups -OCH3 is 4. The maximum absolute atomic E-state index is 5.84. The molecular weight excluding hydrogens is 336 g/mol. The number of unbranched alkanes of at least 4 members (excludes halogenated alkanes) is 1. The molecule has 0 saturated carbocycles. The molecule has 26 heavy (non-hydrogen) atoms. The van der Waals surface area contributed by atoms with Crippen LogP contribution >= 0.6 is 0 Å². The Labute approximate surface area is 154 Å². The van der Waals surface area contributed by atoms with E-state index in [1.807, 2.05) is 36.4 Å². The maximum Gasteiger partial charge on any atom is 0.203 e. The lowest BCUT2D eigenvalue weighted by molar-refractivity contribution is 0.239. The van der Waals surface area contributed by atoms with Crippen molar-refractivity contribution in [3.63, 3.8) is 0 Å². The van der Waals surface area contributed by atoms with E-state index in [4.69, 9.17) is 28.4 Å². The van der Waals surface area contributed by atoms with Crippen LogP contribution in [-0.2, 0) is 0 Å². The predicted octanol–water partition coefficient (Wildman–Crippen LogP) is 3.96. The van der Waals surface area contributed by atoms with Crippen molar-refractivity contribution in [1.29, 1.82) is 0 Å². The Bertz CT molecular complexity index is 582. The molecule has 0 fully saturated rings. The van der Waals surface area contributed by atoms with Gasteiger partial charge < -0.3 is 28.4 Å². The van der Waals surface area contributed by atoms with Gasteiger partial charge in [-0.2, -0.15) is 0 Å². The highest BCUT2D eigenvalue weighted by Gasteiger charge is 2.12. The molecule has 0 amide bonds. The van der Waals surface area contributed by atoms with Gasteiger partial charge in [-0.1, -0.05) is 12.1 Å². The van der Waals surface area contributed by atoms with Crippen LogP contribution in [0.5, 0.6) is 34.5 Å². The molecule has 0 aliphatic rings. The van der Waals surface area contributed by atoms with Gasteiger partial charge in [0, 0.05) is 0 Å². The Morgan fingerprint density at radius 1 is 0.538 bits per heavy atom. The molecule has 6 nitrogen and oxygen atoms in total. The molecular formula is C20H26O6. The third-order valence-electron chi connectivity index (χ3n) is 3.80. The fourth-order valence-corrected chi connectivity index (χ4v) is 2.47. The Morgan fingerprint density at radius 3 is 1.12 bits per heavy atom. The molecule has 2 aromatic rings. The zero-order valence-electron chi connectivity index (χ0n) is 15.7. The number of benzene rings is 2. The van der Waals surface area contributed by atoms with E-state index < -0.39 is 0 Å². The van der Waals surface area contributed by atoms with E-state index in [9.17, 15) is 0 Å². The largest absolute Gasteiger partial charge is 0.493 e.